The first-order valence-electron chi connectivity index (χ1n) is 13.6. The number of nitrogens with one attached hydrogen (secondary N) is 1. The molecular weight excluding hydrogens is 521 g/mol. The lowest BCUT2D eigenvalue weighted by molar-refractivity contribution is 0.178. The van der Waals surface area contributed by atoms with E-state index in [1.165, 1.54) is 12.1 Å². The van der Waals surface area contributed by atoms with Crippen molar-refractivity contribution in [3.8, 4) is 17.0 Å². The van der Waals surface area contributed by atoms with Crippen LogP contribution in [-0.2, 0) is 6.42 Å². The van der Waals surface area contributed by atoms with Gasteiger partial charge in [-0.1, -0.05) is 13.0 Å². The lowest BCUT2D eigenvalue weighted by Crippen LogP contribution is -2.41. The number of hydrogen-bond donors (Lipinski definition) is 2. The summed E-state index contributed by atoms with van der Waals surface area (Å²) in [4.78, 5) is 23.3. The molecule has 2 amide bonds. The Kier molecular flexibility index (Phi) is 7.99. The summed E-state index contributed by atoms with van der Waals surface area (Å²) in [5.74, 6) is -1.23. The van der Waals surface area contributed by atoms with E-state index in [0.29, 0.717) is 49.6 Å². The van der Waals surface area contributed by atoms with E-state index >= 15 is 4.39 Å². The molecule has 0 saturated carbocycles. The van der Waals surface area contributed by atoms with Crippen LogP contribution in [0.25, 0.3) is 11.3 Å². The summed E-state index contributed by atoms with van der Waals surface area (Å²) < 4.78 is 50.5. The molecule has 2 aliphatic heterocycles. The normalized spacial score (nSPS) is 16.3. The summed E-state index contributed by atoms with van der Waals surface area (Å²) in [5, 5.41) is 2.93. The second-order valence-corrected chi connectivity index (χ2v) is 10.4. The van der Waals surface area contributed by atoms with Gasteiger partial charge in [0.15, 0.2) is 17.4 Å². The van der Waals surface area contributed by atoms with Crippen LogP contribution in [-0.4, -0.2) is 53.2 Å². The molecular formula is C29H33F3N6O2. The number of aromatic nitrogens is 2. The molecule has 40 heavy (non-hydrogen) atoms. The maximum absolute atomic E-state index is 15.0. The van der Waals surface area contributed by atoms with Crippen LogP contribution in [0.1, 0.15) is 38.7 Å². The van der Waals surface area contributed by atoms with E-state index in [1.54, 1.807) is 23.1 Å². The van der Waals surface area contributed by atoms with Crippen molar-refractivity contribution in [2.24, 2.45) is 11.7 Å². The summed E-state index contributed by atoms with van der Waals surface area (Å²) in [6.07, 6.45) is 3.94. The number of halogens is 3. The lowest BCUT2D eigenvalue weighted by atomic mass is 9.90. The number of ether oxygens (including phenoxy) is 1. The monoisotopic (exact) mass is 554 g/mol. The molecule has 1 aromatic heterocycles. The third-order valence-corrected chi connectivity index (χ3v) is 7.80. The highest BCUT2D eigenvalue weighted by molar-refractivity contribution is 5.73. The van der Waals surface area contributed by atoms with Crippen LogP contribution in [0.4, 0.5) is 35.3 Å². The number of amides is 2. The summed E-state index contributed by atoms with van der Waals surface area (Å²) in [5.41, 5.74) is 7.04. The molecule has 1 atom stereocenters. The van der Waals surface area contributed by atoms with Crippen molar-refractivity contribution in [2.45, 2.75) is 45.6 Å². The minimum absolute atomic E-state index is 0.0514. The quantitative estimate of drug-likeness (QED) is 0.393. The molecule has 0 bridgehead atoms. The van der Waals surface area contributed by atoms with Crippen molar-refractivity contribution in [2.75, 3.05) is 36.5 Å². The zero-order chi connectivity index (χ0) is 28.4. The maximum atomic E-state index is 15.0. The molecule has 212 valence electrons. The number of piperidine rings is 1. The predicted molar refractivity (Wildman–Crippen MR) is 147 cm³/mol. The number of primary amides is 1. The van der Waals surface area contributed by atoms with Crippen molar-refractivity contribution in [1.29, 1.82) is 0 Å². The molecule has 1 saturated heterocycles. The molecule has 0 aliphatic carbocycles. The summed E-state index contributed by atoms with van der Waals surface area (Å²) in [7, 11) is 0. The van der Waals surface area contributed by atoms with Crippen molar-refractivity contribution in [1.82, 2.24) is 14.9 Å². The van der Waals surface area contributed by atoms with Gasteiger partial charge in [0.1, 0.15) is 18.1 Å². The molecule has 5 rings (SSSR count). The number of likely N-dealkylation sites (tertiary alicyclic amines) is 1. The Morgan fingerprint density at radius 3 is 2.60 bits per heavy atom. The standard InChI is InChI=1S/C29H33F3N6O2/c1-3-17(2)38-10-11-40-27-23(31)13-20(14-25(27)38)26-24(32)16-34-29(36-26)35-21-5-4-19(22(30)15-21)12-18-6-8-37(9-7-18)28(33)39/h4-5,13-18H,3,6-12H2,1-2H3,(H2,33,39)(H,34,35,36). The minimum Gasteiger partial charge on any atom is -0.486 e. The summed E-state index contributed by atoms with van der Waals surface area (Å²) in [6.45, 7) is 6.20. The first-order valence-corrected chi connectivity index (χ1v) is 13.6. The fraction of sp³-hybridized carbons (Fsp3) is 0.414. The Morgan fingerprint density at radius 2 is 1.90 bits per heavy atom. The Balaban J connectivity index is 1.34. The molecule has 0 radical (unpaired) electrons. The van der Waals surface area contributed by atoms with E-state index in [9.17, 15) is 13.6 Å². The number of anilines is 3. The molecule has 2 aromatic carbocycles. The van der Waals surface area contributed by atoms with Crippen LogP contribution in [0.15, 0.2) is 36.5 Å². The van der Waals surface area contributed by atoms with E-state index in [-0.39, 0.29) is 40.7 Å². The fourth-order valence-corrected chi connectivity index (χ4v) is 5.33. The van der Waals surface area contributed by atoms with Gasteiger partial charge >= 0.3 is 6.03 Å². The van der Waals surface area contributed by atoms with Crippen molar-refractivity contribution >= 4 is 23.4 Å². The first kappa shape index (κ1) is 27.5. The third-order valence-electron chi connectivity index (χ3n) is 7.80. The molecule has 2 aliphatic rings. The molecule has 3 aromatic rings. The molecule has 11 heteroatoms. The third kappa shape index (κ3) is 5.78. The second kappa shape index (κ2) is 11.6. The largest absolute Gasteiger partial charge is 0.486 e. The summed E-state index contributed by atoms with van der Waals surface area (Å²) >= 11 is 0. The highest BCUT2D eigenvalue weighted by Crippen LogP contribution is 2.40. The van der Waals surface area contributed by atoms with E-state index in [4.69, 9.17) is 10.5 Å². The highest BCUT2D eigenvalue weighted by atomic mass is 19.1. The molecule has 1 unspecified atom stereocenters. The van der Waals surface area contributed by atoms with Crippen molar-refractivity contribution < 1.29 is 22.7 Å². The van der Waals surface area contributed by atoms with Gasteiger partial charge in [0.2, 0.25) is 5.95 Å². The lowest BCUT2D eigenvalue weighted by Gasteiger charge is -2.36. The zero-order valence-electron chi connectivity index (χ0n) is 22.6. The zero-order valence-corrected chi connectivity index (χ0v) is 22.6. The topological polar surface area (TPSA) is 96.6 Å². The number of fused-ring (bicyclic) bond motifs is 1. The van der Waals surface area contributed by atoms with Crippen LogP contribution in [0.5, 0.6) is 5.75 Å². The number of hydrogen-bond acceptors (Lipinski definition) is 6. The molecule has 8 nitrogen and oxygen atoms in total. The number of carbonyl (C=O) groups is 1. The fourth-order valence-electron chi connectivity index (χ4n) is 5.33. The predicted octanol–water partition coefficient (Wildman–Crippen LogP) is 5.64. The van der Waals surface area contributed by atoms with Gasteiger partial charge < -0.3 is 25.6 Å². The maximum Gasteiger partial charge on any atom is 0.314 e. The molecule has 0 spiro atoms. The number of benzene rings is 2. The Labute approximate surface area is 231 Å². The van der Waals surface area contributed by atoms with Crippen LogP contribution in [0, 0.1) is 23.4 Å². The second-order valence-electron chi connectivity index (χ2n) is 10.4. The highest BCUT2D eigenvalue weighted by Gasteiger charge is 2.27. The number of urea groups is 1. The van der Waals surface area contributed by atoms with Gasteiger partial charge in [-0.3, -0.25) is 0 Å². The number of rotatable bonds is 7. The van der Waals surface area contributed by atoms with Crippen LogP contribution < -0.4 is 20.7 Å². The first-order chi connectivity index (χ1) is 19.2. The van der Waals surface area contributed by atoms with Gasteiger partial charge in [0.05, 0.1) is 18.4 Å². The van der Waals surface area contributed by atoms with Crippen LogP contribution in [0.3, 0.4) is 0 Å². The smallest absolute Gasteiger partial charge is 0.314 e. The Hall–Kier alpha value is -4.02. The van der Waals surface area contributed by atoms with Gasteiger partial charge in [-0.15, -0.1) is 0 Å². The van der Waals surface area contributed by atoms with Gasteiger partial charge in [0, 0.05) is 30.4 Å². The molecule has 1 fully saturated rings. The minimum atomic E-state index is -0.708. The van der Waals surface area contributed by atoms with E-state index in [2.05, 4.69) is 20.2 Å². The van der Waals surface area contributed by atoms with Gasteiger partial charge in [-0.2, -0.15) is 0 Å². The van der Waals surface area contributed by atoms with E-state index in [0.717, 1.165) is 25.5 Å². The van der Waals surface area contributed by atoms with Crippen LogP contribution in [0.2, 0.25) is 0 Å². The summed E-state index contributed by atoms with van der Waals surface area (Å²) in [6, 6.07) is 7.36. The van der Waals surface area contributed by atoms with Crippen molar-refractivity contribution in [3.63, 3.8) is 0 Å². The number of carbonyl (C=O) groups excluding carboxylic acids is 1. The Bertz CT molecular complexity index is 1400. The number of nitrogens with two attached hydrogens (primary N) is 1. The molecule has 3 N–H and O–H groups in total. The SMILES string of the molecule is CCC(C)N1CCOc2c(F)cc(-c3nc(Nc4ccc(CC5CCN(C(N)=O)CC5)c(F)c4)ncc3F)cc21. The molecule has 3 heterocycles. The Morgan fingerprint density at radius 1 is 1.12 bits per heavy atom. The van der Waals surface area contributed by atoms with Gasteiger partial charge in [-0.25, -0.2) is 27.9 Å². The van der Waals surface area contributed by atoms with Crippen molar-refractivity contribution in [3.05, 3.63) is 59.5 Å². The average Bonchev–Trinajstić information content (AvgIpc) is 2.95. The van der Waals surface area contributed by atoms with E-state index < -0.39 is 17.7 Å². The average molecular weight is 555 g/mol. The van der Waals surface area contributed by atoms with Crippen LogP contribution >= 0.6 is 0 Å². The van der Waals surface area contributed by atoms with E-state index in [1.807, 2.05) is 13.8 Å². The van der Waals surface area contributed by atoms with Gasteiger partial charge in [0.25, 0.3) is 0 Å². The number of nitrogens with zero attached hydrogens (tertiary/aromatic N) is 4. The van der Waals surface area contributed by atoms with Gasteiger partial charge in [-0.05, 0) is 68.4 Å².